The van der Waals surface area contributed by atoms with Gasteiger partial charge in [-0.2, -0.15) is 5.26 Å². The van der Waals surface area contributed by atoms with Crippen LogP contribution >= 0.6 is 15.9 Å². The molecule has 0 bridgehead atoms. The van der Waals surface area contributed by atoms with E-state index in [1.54, 1.807) is 7.11 Å². The average Bonchev–Trinajstić information content (AvgIpc) is 2.38. The molecule has 0 heterocycles. The quantitative estimate of drug-likeness (QED) is 0.748. The van der Waals surface area contributed by atoms with Gasteiger partial charge in [-0.05, 0) is 38.0 Å². The molecule has 1 rings (SSSR count). The van der Waals surface area contributed by atoms with Gasteiger partial charge in [0, 0.05) is 5.33 Å². The van der Waals surface area contributed by atoms with Gasteiger partial charge in [-0.25, -0.2) is 0 Å². The fourth-order valence-electron chi connectivity index (χ4n) is 1.39. The summed E-state index contributed by atoms with van der Waals surface area (Å²) in [6.45, 7) is 4.31. The van der Waals surface area contributed by atoms with E-state index in [4.69, 9.17) is 14.7 Å². The molecule has 1 aromatic rings. The summed E-state index contributed by atoms with van der Waals surface area (Å²) in [7, 11) is 1.62. The zero-order valence-electron chi connectivity index (χ0n) is 11.0. The first kappa shape index (κ1) is 14.8. The van der Waals surface area contributed by atoms with Crippen molar-refractivity contribution in [1.29, 1.82) is 5.26 Å². The maximum atomic E-state index is 8.94. The molecular weight excluding hydrogens is 294 g/mol. The van der Waals surface area contributed by atoms with Crippen LogP contribution in [0.15, 0.2) is 18.2 Å². The molecule has 0 spiro atoms. The molecule has 0 aliphatic rings. The lowest BCUT2D eigenvalue weighted by atomic mass is 9.92. The van der Waals surface area contributed by atoms with Crippen LogP contribution in [-0.4, -0.2) is 13.7 Å². The van der Waals surface area contributed by atoms with Crippen molar-refractivity contribution in [1.82, 2.24) is 0 Å². The summed E-state index contributed by atoms with van der Waals surface area (Å²) in [4.78, 5) is 0. The van der Waals surface area contributed by atoms with Crippen LogP contribution in [0, 0.1) is 16.7 Å². The van der Waals surface area contributed by atoms with Gasteiger partial charge in [-0.3, -0.25) is 0 Å². The molecule has 3 nitrogen and oxygen atoms in total. The van der Waals surface area contributed by atoms with E-state index >= 15 is 0 Å². The zero-order valence-corrected chi connectivity index (χ0v) is 12.6. The fraction of sp³-hybridized carbons (Fsp3) is 0.500. The Bertz CT molecular complexity index is 438. The van der Waals surface area contributed by atoms with Crippen LogP contribution in [0.4, 0.5) is 0 Å². The highest BCUT2D eigenvalue weighted by Gasteiger charge is 2.17. The Kier molecular flexibility index (Phi) is 5.49. The van der Waals surface area contributed by atoms with Crippen LogP contribution in [0.2, 0.25) is 0 Å². The van der Waals surface area contributed by atoms with Crippen LogP contribution in [0.5, 0.6) is 11.5 Å². The number of nitriles is 1. The normalized spacial score (nSPS) is 10.8. The Balaban J connectivity index is 2.69. The molecular formula is C14H18BrNO2. The minimum atomic E-state index is -0.361. The molecule has 0 aliphatic heterocycles. The Morgan fingerprint density at radius 2 is 2.06 bits per heavy atom. The summed E-state index contributed by atoms with van der Waals surface area (Å²) in [5, 5.41) is 9.71. The van der Waals surface area contributed by atoms with E-state index in [0.29, 0.717) is 13.0 Å². The molecule has 0 aliphatic carbocycles. The predicted molar refractivity (Wildman–Crippen MR) is 75.1 cm³/mol. The van der Waals surface area contributed by atoms with Crippen molar-refractivity contribution in [3.63, 3.8) is 0 Å². The van der Waals surface area contributed by atoms with Gasteiger partial charge in [0.15, 0.2) is 11.5 Å². The van der Waals surface area contributed by atoms with Crippen molar-refractivity contribution in [3.05, 3.63) is 23.8 Å². The highest BCUT2D eigenvalue weighted by atomic mass is 79.9. The van der Waals surface area contributed by atoms with Gasteiger partial charge in [0.05, 0.1) is 25.2 Å². The van der Waals surface area contributed by atoms with E-state index < -0.39 is 0 Å². The van der Waals surface area contributed by atoms with Crippen molar-refractivity contribution in [3.8, 4) is 17.6 Å². The molecule has 0 fully saturated rings. The van der Waals surface area contributed by atoms with Crippen LogP contribution in [0.1, 0.15) is 25.8 Å². The SMILES string of the molecule is COc1ccc(CBr)cc1OCCC(C)(C)C#N. The molecule has 98 valence electrons. The van der Waals surface area contributed by atoms with E-state index in [0.717, 1.165) is 22.4 Å². The molecule has 0 N–H and O–H groups in total. The Morgan fingerprint density at radius 1 is 1.33 bits per heavy atom. The number of halogens is 1. The van der Waals surface area contributed by atoms with Crippen molar-refractivity contribution >= 4 is 15.9 Å². The van der Waals surface area contributed by atoms with E-state index in [1.165, 1.54) is 0 Å². The molecule has 0 amide bonds. The average molecular weight is 312 g/mol. The summed E-state index contributed by atoms with van der Waals surface area (Å²) < 4.78 is 11.0. The largest absolute Gasteiger partial charge is 0.493 e. The topological polar surface area (TPSA) is 42.2 Å². The molecule has 0 radical (unpaired) electrons. The van der Waals surface area contributed by atoms with Crippen molar-refractivity contribution in [2.24, 2.45) is 5.41 Å². The number of methoxy groups -OCH3 is 1. The first-order valence-electron chi connectivity index (χ1n) is 5.79. The van der Waals surface area contributed by atoms with E-state index in [2.05, 4.69) is 22.0 Å². The third kappa shape index (κ3) is 4.23. The lowest BCUT2D eigenvalue weighted by Gasteiger charge is -2.16. The Labute approximate surface area is 117 Å². The lowest BCUT2D eigenvalue weighted by molar-refractivity contribution is 0.252. The highest BCUT2D eigenvalue weighted by molar-refractivity contribution is 9.08. The van der Waals surface area contributed by atoms with Gasteiger partial charge in [0.2, 0.25) is 0 Å². The molecule has 0 atom stereocenters. The zero-order chi connectivity index (χ0) is 13.6. The number of hydrogen-bond acceptors (Lipinski definition) is 3. The minimum Gasteiger partial charge on any atom is -0.493 e. The second kappa shape index (κ2) is 6.65. The molecule has 0 saturated carbocycles. The minimum absolute atomic E-state index is 0.361. The maximum absolute atomic E-state index is 8.94. The van der Waals surface area contributed by atoms with E-state index in [9.17, 15) is 0 Å². The number of rotatable bonds is 6. The maximum Gasteiger partial charge on any atom is 0.161 e. The van der Waals surface area contributed by atoms with Gasteiger partial charge in [0.25, 0.3) is 0 Å². The third-order valence-corrected chi connectivity index (χ3v) is 3.32. The van der Waals surface area contributed by atoms with Crippen molar-refractivity contribution in [2.75, 3.05) is 13.7 Å². The standard InChI is InChI=1S/C14H18BrNO2/c1-14(2,10-16)6-7-18-13-8-11(9-15)4-5-12(13)17-3/h4-5,8H,6-7,9H2,1-3H3. The third-order valence-electron chi connectivity index (χ3n) is 2.67. The number of ether oxygens (including phenoxy) is 2. The first-order valence-corrected chi connectivity index (χ1v) is 6.91. The first-order chi connectivity index (χ1) is 8.52. The molecule has 0 unspecified atom stereocenters. The van der Waals surface area contributed by atoms with Gasteiger partial charge >= 0.3 is 0 Å². The smallest absolute Gasteiger partial charge is 0.161 e. The number of alkyl halides is 1. The van der Waals surface area contributed by atoms with Crippen LogP contribution in [0.25, 0.3) is 0 Å². The summed E-state index contributed by atoms with van der Waals surface area (Å²) >= 11 is 3.41. The predicted octanol–water partition coefficient (Wildman–Crippen LogP) is 3.91. The molecule has 18 heavy (non-hydrogen) atoms. The molecule has 1 aromatic carbocycles. The second-order valence-corrected chi connectivity index (χ2v) is 5.27. The van der Waals surface area contributed by atoms with Gasteiger partial charge in [0.1, 0.15) is 0 Å². The monoisotopic (exact) mass is 311 g/mol. The van der Waals surface area contributed by atoms with Crippen molar-refractivity contribution in [2.45, 2.75) is 25.6 Å². The molecule has 0 aromatic heterocycles. The van der Waals surface area contributed by atoms with Crippen LogP contribution in [0.3, 0.4) is 0 Å². The highest BCUT2D eigenvalue weighted by Crippen LogP contribution is 2.29. The van der Waals surface area contributed by atoms with E-state index in [1.807, 2.05) is 32.0 Å². The number of hydrogen-bond donors (Lipinski definition) is 0. The van der Waals surface area contributed by atoms with Crippen LogP contribution in [-0.2, 0) is 5.33 Å². The van der Waals surface area contributed by atoms with Gasteiger partial charge < -0.3 is 9.47 Å². The lowest BCUT2D eigenvalue weighted by Crippen LogP contribution is -2.13. The summed E-state index contributed by atoms with van der Waals surface area (Å²) in [6.07, 6.45) is 0.686. The van der Waals surface area contributed by atoms with Crippen molar-refractivity contribution < 1.29 is 9.47 Å². The summed E-state index contributed by atoms with van der Waals surface area (Å²) in [5.41, 5.74) is 0.769. The second-order valence-electron chi connectivity index (χ2n) is 4.71. The summed E-state index contributed by atoms with van der Waals surface area (Å²) in [5.74, 6) is 1.44. The molecule has 4 heteroatoms. The molecule has 0 saturated heterocycles. The fourth-order valence-corrected chi connectivity index (χ4v) is 1.74. The number of benzene rings is 1. The summed E-state index contributed by atoms with van der Waals surface area (Å²) in [6, 6.07) is 8.09. The Morgan fingerprint density at radius 3 is 2.61 bits per heavy atom. The Hall–Kier alpha value is -1.21. The van der Waals surface area contributed by atoms with Gasteiger partial charge in [-0.1, -0.05) is 22.0 Å². The number of nitrogens with zero attached hydrogens (tertiary/aromatic N) is 1. The van der Waals surface area contributed by atoms with Crippen LogP contribution < -0.4 is 9.47 Å². The van der Waals surface area contributed by atoms with E-state index in [-0.39, 0.29) is 5.41 Å². The van der Waals surface area contributed by atoms with Gasteiger partial charge in [-0.15, -0.1) is 0 Å².